The average molecular weight is 424 g/mol. The summed E-state index contributed by atoms with van der Waals surface area (Å²) < 4.78 is 42.0. The lowest BCUT2D eigenvalue weighted by Crippen LogP contribution is -2.55. The molecule has 29 heavy (non-hydrogen) atoms. The maximum absolute atomic E-state index is 13.1. The molecule has 0 atom stereocenters. The first-order valence-corrected chi connectivity index (χ1v) is 11.6. The minimum Gasteiger partial charge on any atom is -0.337 e. The highest BCUT2D eigenvalue weighted by atomic mass is 32.2. The van der Waals surface area contributed by atoms with Gasteiger partial charge in [0, 0.05) is 45.3 Å². The van der Waals surface area contributed by atoms with Crippen LogP contribution >= 0.6 is 0 Å². The molecule has 1 amide bonds. The van der Waals surface area contributed by atoms with Gasteiger partial charge in [0.1, 0.15) is 5.82 Å². The molecule has 1 saturated carbocycles. The van der Waals surface area contributed by atoms with Crippen LogP contribution in [-0.2, 0) is 15.0 Å². The Hall–Kier alpha value is -1.77. The van der Waals surface area contributed by atoms with Crippen LogP contribution in [0.5, 0.6) is 0 Å². The van der Waals surface area contributed by atoms with Crippen molar-refractivity contribution in [2.45, 2.75) is 45.1 Å². The van der Waals surface area contributed by atoms with Crippen LogP contribution in [0.1, 0.15) is 44.6 Å². The van der Waals surface area contributed by atoms with Gasteiger partial charge in [-0.15, -0.1) is 0 Å². The summed E-state index contributed by atoms with van der Waals surface area (Å²) in [5, 5.41) is 0. The van der Waals surface area contributed by atoms with Crippen molar-refractivity contribution in [1.82, 2.24) is 13.5 Å². The molecule has 1 aliphatic carbocycles. The molecule has 3 rings (SSSR count). The number of hydrogen-bond acceptors (Lipinski definition) is 3. The van der Waals surface area contributed by atoms with Crippen molar-refractivity contribution in [3.8, 4) is 0 Å². The Bertz CT molecular complexity index is 840. The molecule has 1 aromatic rings. The minimum absolute atomic E-state index is 0.0784. The highest BCUT2D eigenvalue weighted by Gasteiger charge is 2.35. The van der Waals surface area contributed by atoms with Crippen molar-refractivity contribution in [2.75, 3.05) is 33.2 Å². The van der Waals surface area contributed by atoms with E-state index in [4.69, 9.17) is 0 Å². The Labute approximate surface area is 173 Å². The quantitative estimate of drug-likeness (QED) is 0.684. The fraction of sp³-hybridized carbons (Fsp3) is 0.571. The average Bonchev–Trinajstić information content (AvgIpc) is 2.74. The van der Waals surface area contributed by atoms with Gasteiger partial charge in [-0.1, -0.05) is 31.4 Å². The summed E-state index contributed by atoms with van der Waals surface area (Å²) in [6.45, 7) is 3.14. The van der Waals surface area contributed by atoms with Crippen molar-refractivity contribution in [3.05, 3.63) is 41.7 Å². The van der Waals surface area contributed by atoms with Gasteiger partial charge in [0.15, 0.2) is 0 Å². The lowest BCUT2D eigenvalue weighted by Gasteiger charge is -2.38. The number of halogens is 1. The summed E-state index contributed by atoms with van der Waals surface area (Å²) in [4.78, 5) is 14.2. The van der Waals surface area contributed by atoms with Crippen molar-refractivity contribution in [3.63, 3.8) is 0 Å². The molecular formula is C21H30FN3O3S. The smallest absolute Gasteiger partial charge is 0.282 e. The van der Waals surface area contributed by atoms with Crippen molar-refractivity contribution >= 4 is 21.7 Å². The van der Waals surface area contributed by atoms with Crippen LogP contribution in [0.3, 0.4) is 0 Å². The zero-order valence-electron chi connectivity index (χ0n) is 17.2. The second-order valence-corrected chi connectivity index (χ2v) is 9.86. The predicted molar refractivity (Wildman–Crippen MR) is 112 cm³/mol. The van der Waals surface area contributed by atoms with E-state index in [0.29, 0.717) is 26.2 Å². The third kappa shape index (κ3) is 5.24. The molecule has 6 nitrogen and oxygen atoms in total. The summed E-state index contributed by atoms with van der Waals surface area (Å²) in [5.74, 6) is -0.465. The first-order chi connectivity index (χ1) is 13.8. The molecule has 2 fully saturated rings. The van der Waals surface area contributed by atoms with E-state index in [1.54, 1.807) is 24.1 Å². The predicted octanol–water partition coefficient (Wildman–Crippen LogP) is 2.88. The van der Waals surface area contributed by atoms with Gasteiger partial charge in [0.05, 0.1) is 0 Å². The van der Waals surface area contributed by atoms with E-state index in [2.05, 4.69) is 0 Å². The molecule has 0 spiro atoms. The molecule has 0 aromatic heterocycles. The van der Waals surface area contributed by atoms with Gasteiger partial charge in [-0.2, -0.15) is 17.0 Å². The zero-order chi connectivity index (χ0) is 21.0. The molecule has 0 bridgehead atoms. The second-order valence-electron chi connectivity index (χ2n) is 7.87. The SMILES string of the molecule is C/C(=C/C(=O)N1CCN(S(=O)(=O)N(C)C2CCCCC2)CC1)c1ccc(F)cc1. The highest BCUT2D eigenvalue weighted by molar-refractivity contribution is 7.86. The Morgan fingerprint density at radius 1 is 1.07 bits per heavy atom. The van der Waals surface area contributed by atoms with Crippen LogP contribution in [0.4, 0.5) is 4.39 Å². The maximum Gasteiger partial charge on any atom is 0.282 e. The van der Waals surface area contributed by atoms with E-state index >= 15 is 0 Å². The largest absolute Gasteiger partial charge is 0.337 e. The van der Waals surface area contributed by atoms with Gasteiger partial charge in [0.2, 0.25) is 5.91 Å². The van der Waals surface area contributed by atoms with Crippen molar-refractivity contribution in [2.24, 2.45) is 0 Å². The third-order valence-electron chi connectivity index (χ3n) is 5.97. The second kappa shape index (κ2) is 9.36. The number of carbonyl (C=O) groups is 1. The number of carbonyl (C=O) groups excluding carboxylic acids is 1. The van der Waals surface area contributed by atoms with Gasteiger partial charge in [-0.3, -0.25) is 4.79 Å². The number of nitrogens with zero attached hydrogens (tertiary/aromatic N) is 3. The molecule has 0 radical (unpaired) electrons. The number of rotatable bonds is 5. The van der Waals surface area contributed by atoms with Crippen LogP contribution in [0.2, 0.25) is 0 Å². The van der Waals surface area contributed by atoms with E-state index in [1.807, 2.05) is 6.92 Å². The van der Waals surface area contributed by atoms with Gasteiger partial charge in [-0.25, -0.2) is 4.39 Å². The van der Waals surface area contributed by atoms with Crippen molar-refractivity contribution in [1.29, 1.82) is 0 Å². The third-order valence-corrected chi connectivity index (χ3v) is 8.01. The van der Waals surface area contributed by atoms with E-state index in [9.17, 15) is 17.6 Å². The summed E-state index contributed by atoms with van der Waals surface area (Å²) in [5.41, 5.74) is 1.54. The maximum atomic E-state index is 13.1. The summed E-state index contributed by atoms with van der Waals surface area (Å²) in [6.07, 6.45) is 6.70. The fourth-order valence-electron chi connectivity index (χ4n) is 4.03. The van der Waals surface area contributed by atoms with Crippen LogP contribution in [0.25, 0.3) is 5.57 Å². The fourth-order valence-corrected chi connectivity index (χ4v) is 5.60. The van der Waals surface area contributed by atoms with Gasteiger partial charge < -0.3 is 4.90 Å². The van der Waals surface area contributed by atoms with E-state index in [0.717, 1.165) is 36.8 Å². The van der Waals surface area contributed by atoms with Crippen LogP contribution in [-0.4, -0.2) is 67.1 Å². The van der Waals surface area contributed by atoms with Crippen LogP contribution < -0.4 is 0 Å². The normalized spacial score (nSPS) is 20.3. The monoisotopic (exact) mass is 423 g/mol. The molecule has 0 unspecified atom stereocenters. The van der Waals surface area contributed by atoms with Crippen molar-refractivity contribution < 1.29 is 17.6 Å². The van der Waals surface area contributed by atoms with Crippen LogP contribution in [0, 0.1) is 5.82 Å². The molecule has 1 aliphatic heterocycles. The van der Waals surface area contributed by atoms with Gasteiger partial charge in [-0.05, 0) is 43.0 Å². The molecule has 1 saturated heterocycles. The standard InChI is InChI=1S/C21H30FN3O3S/c1-17(18-8-10-19(22)11-9-18)16-21(26)24-12-14-25(15-13-24)29(27,28)23(2)20-6-4-3-5-7-20/h8-11,16,20H,3-7,12-15H2,1-2H3/b17-16-. The summed E-state index contributed by atoms with van der Waals surface area (Å²) in [6, 6.07) is 6.09. The molecule has 1 heterocycles. The van der Waals surface area contributed by atoms with Crippen LogP contribution in [0.15, 0.2) is 30.3 Å². The van der Waals surface area contributed by atoms with E-state index in [-0.39, 0.29) is 17.8 Å². The van der Waals surface area contributed by atoms with Gasteiger partial charge in [0.25, 0.3) is 10.2 Å². The first kappa shape index (κ1) is 21.9. The molecule has 1 aromatic carbocycles. The zero-order valence-corrected chi connectivity index (χ0v) is 18.0. The van der Waals surface area contributed by atoms with E-state index in [1.165, 1.54) is 33.2 Å². The Kier molecular flexibility index (Phi) is 7.08. The van der Waals surface area contributed by atoms with Gasteiger partial charge >= 0.3 is 0 Å². The molecule has 160 valence electrons. The minimum atomic E-state index is -3.50. The number of piperazine rings is 1. The number of amides is 1. The number of allylic oxidation sites excluding steroid dienone is 1. The lowest BCUT2D eigenvalue weighted by molar-refractivity contribution is -0.127. The van der Waals surface area contributed by atoms with E-state index < -0.39 is 10.2 Å². The molecule has 8 heteroatoms. The Morgan fingerprint density at radius 2 is 1.66 bits per heavy atom. The molecule has 2 aliphatic rings. The topological polar surface area (TPSA) is 60.9 Å². The Morgan fingerprint density at radius 3 is 2.24 bits per heavy atom. The Balaban J connectivity index is 1.58. The summed E-state index contributed by atoms with van der Waals surface area (Å²) >= 11 is 0. The summed E-state index contributed by atoms with van der Waals surface area (Å²) in [7, 11) is -1.82. The molecule has 0 N–H and O–H groups in total. The first-order valence-electron chi connectivity index (χ1n) is 10.3. The lowest BCUT2D eigenvalue weighted by atomic mass is 9.96. The molecular weight excluding hydrogens is 393 g/mol. The highest BCUT2D eigenvalue weighted by Crippen LogP contribution is 2.25. The number of hydrogen-bond donors (Lipinski definition) is 0. The number of benzene rings is 1.